The van der Waals surface area contributed by atoms with Gasteiger partial charge in [0, 0.05) is 17.1 Å². The molecular formula is C25H23ClN2O3S. The minimum atomic E-state index is -1.55. The van der Waals surface area contributed by atoms with E-state index >= 15 is 0 Å². The maximum Gasteiger partial charge on any atom is 0.259 e. The molecular weight excluding hydrogens is 444 g/mol. The molecule has 7 heteroatoms. The number of nitrogens with one attached hydrogen (secondary N) is 1. The fourth-order valence-electron chi connectivity index (χ4n) is 3.61. The summed E-state index contributed by atoms with van der Waals surface area (Å²) in [7, 11) is -1.55. The number of fused-ring (bicyclic) bond motifs is 2. The number of carbonyl (C=O) groups is 2. The number of anilines is 1. The van der Waals surface area contributed by atoms with Crippen molar-refractivity contribution < 1.29 is 13.8 Å². The fraction of sp³-hybridized carbons (Fsp3) is 0.200. The molecule has 0 aromatic heterocycles. The lowest BCUT2D eigenvalue weighted by atomic mass is 10.1. The minimum Gasteiger partial charge on any atom is -0.352 e. The van der Waals surface area contributed by atoms with E-state index in [0.29, 0.717) is 38.2 Å². The van der Waals surface area contributed by atoms with Crippen molar-refractivity contribution in [3.05, 3.63) is 88.4 Å². The maximum absolute atomic E-state index is 13.6. The van der Waals surface area contributed by atoms with Gasteiger partial charge in [-0.2, -0.15) is 0 Å². The average molecular weight is 467 g/mol. The second kappa shape index (κ2) is 9.67. The normalized spacial score (nSPS) is 15.0. The molecule has 5 nitrogen and oxygen atoms in total. The van der Waals surface area contributed by atoms with Crippen molar-refractivity contribution in [3.63, 3.8) is 0 Å². The van der Waals surface area contributed by atoms with Gasteiger partial charge in [0.1, 0.15) is 0 Å². The van der Waals surface area contributed by atoms with E-state index in [0.717, 1.165) is 18.4 Å². The number of rotatable bonds is 6. The van der Waals surface area contributed by atoms with Gasteiger partial charge in [0.15, 0.2) is 0 Å². The van der Waals surface area contributed by atoms with E-state index in [1.54, 1.807) is 59.5 Å². The monoisotopic (exact) mass is 466 g/mol. The Morgan fingerprint density at radius 3 is 2.53 bits per heavy atom. The maximum atomic E-state index is 13.6. The van der Waals surface area contributed by atoms with Gasteiger partial charge in [-0.05, 0) is 54.4 Å². The first-order valence-corrected chi connectivity index (χ1v) is 12.0. The highest BCUT2D eigenvalue weighted by atomic mass is 35.5. The van der Waals surface area contributed by atoms with E-state index in [1.807, 2.05) is 12.1 Å². The summed E-state index contributed by atoms with van der Waals surface area (Å²) in [6, 6.07) is 19.2. The van der Waals surface area contributed by atoms with Gasteiger partial charge in [0.2, 0.25) is 0 Å². The van der Waals surface area contributed by atoms with Gasteiger partial charge < -0.3 is 10.2 Å². The van der Waals surface area contributed by atoms with Crippen molar-refractivity contribution in [3.8, 4) is 0 Å². The van der Waals surface area contributed by atoms with Gasteiger partial charge >= 0.3 is 0 Å². The lowest BCUT2D eigenvalue weighted by molar-refractivity contribution is 0.0949. The van der Waals surface area contributed by atoms with Gasteiger partial charge in [-0.25, -0.2) is 4.21 Å². The van der Waals surface area contributed by atoms with Crippen molar-refractivity contribution in [2.24, 2.45) is 0 Å². The highest BCUT2D eigenvalue weighted by Gasteiger charge is 2.31. The largest absolute Gasteiger partial charge is 0.352 e. The Kier molecular flexibility index (Phi) is 6.72. The molecule has 0 aliphatic carbocycles. The van der Waals surface area contributed by atoms with Gasteiger partial charge in [0.25, 0.3) is 11.8 Å². The second-order valence-corrected chi connectivity index (χ2v) is 9.43. The fourth-order valence-corrected chi connectivity index (χ4v) is 5.09. The Labute approximate surface area is 194 Å². The molecule has 1 unspecified atom stereocenters. The standard InChI is InChI=1S/C25H23ClN2O3S/c1-2-3-14-27-24(29)18-10-13-23-21(15-18)28(16-17-8-11-19(26)12-9-17)25(30)20-6-4-5-7-22(20)32(23)31/h4-13,15H,2-3,14,16H2,1H3,(H,27,29). The summed E-state index contributed by atoms with van der Waals surface area (Å²) >= 11 is 6.02. The molecule has 1 aliphatic heterocycles. The third-order valence-corrected chi connectivity index (χ3v) is 7.10. The predicted molar refractivity (Wildman–Crippen MR) is 127 cm³/mol. The molecule has 4 rings (SSSR count). The molecule has 1 aliphatic rings. The first kappa shape index (κ1) is 22.2. The van der Waals surface area contributed by atoms with Crippen molar-refractivity contribution in [2.45, 2.75) is 36.1 Å². The Balaban J connectivity index is 1.80. The zero-order valence-electron chi connectivity index (χ0n) is 17.6. The van der Waals surface area contributed by atoms with Crippen LogP contribution in [0.4, 0.5) is 5.69 Å². The van der Waals surface area contributed by atoms with E-state index in [-0.39, 0.29) is 18.4 Å². The average Bonchev–Trinajstić information content (AvgIpc) is 2.90. The summed E-state index contributed by atoms with van der Waals surface area (Å²) in [5, 5.41) is 3.51. The van der Waals surface area contributed by atoms with E-state index in [1.165, 1.54) is 0 Å². The highest BCUT2D eigenvalue weighted by Crippen LogP contribution is 2.36. The number of hydrogen-bond donors (Lipinski definition) is 1. The second-order valence-electron chi connectivity index (χ2n) is 7.57. The highest BCUT2D eigenvalue weighted by molar-refractivity contribution is 7.85. The molecule has 1 heterocycles. The third kappa shape index (κ3) is 4.47. The van der Waals surface area contributed by atoms with Gasteiger partial charge in [0.05, 0.1) is 38.4 Å². The van der Waals surface area contributed by atoms with Crippen LogP contribution >= 0.6 is 11.6 Å². The zero-order chi connectivity index (χ0) is 22.7. The van der Waals surface area contributed by atoms with Gasteiger partial charge in [-0.3, -0.25) is 9.59 Å². The van der Waals surface area contributed by atoms with Crippen LogP contribution in [0.2, 0.25) is 5.02 Å². The lowest BCUT2D eigenvalue weighted by Gasteiger charge is -2.23. The van der Waals surface area contributed by atoms with Crippen molar-refractivity contribution in [1.29, 1.82) is 0 Å². The van der Waals surface area contributed by atoms with Crippen LogP contribution in [0.1, 0.15) is 46.0 Å². The summed E-state index contributed by atoms with van der Waals surface area (Å²) in [6.07, 6.45) is 1.86. The quantitative estimate of drug-likeness (QED) is 0.508. The van der Waals surface area contributed by atoms with Gasteiger partial charge in [-0.1, -0.05) is 49.2 Å². The van der Waals surface area contributed by atoms with Crippen molar-refractivity contribution >= 4 is 39.9 Å². The number of unbranched alkanes of at least 4 members (excludes halogenated alkanes) is 1. The minimum absolute atomic E-state index is 0.215. The molecule has 0 radical (unpaired) electrons. The van der Waals surface area contributed by atoms with E-state index in [4.69, 9.17) is 11.6 Å². The Morgan fingerprint density at radius 1 is 1.03 bits per heavy atom. The van der Waals surface area contributed by atoms with E-state index in [2.05, 4.69) is 12.2 Å². The molecule has 0 fully saturated rings. The first-order valence-electron chi connectivity index (χ1n) is 10.5. The number of nitrogens with zero attached hydrogens (tertiary/aromatic N) is 1. The zero-order valence-corrected chi connectivity index (χ0v) is 19.2. The van der Waals surface area contributed by atoms with Crippen LogP contribution in [0.15, 0.2) is 76.5 Å². The number of hydrogen-bond acceptors (Lipinski definition) is 3. The molecule has 0 saturated carbocycles. The molecule has 0 bridgehead atoms. The third-order valence-electron chi connectivity index (χ3n) is 5.34. The molecule has 3 aromatic carbocycles. The first-order chi connectivity index (χ1) is 15.5. The van der Waals surface area contributed by atoms with Crippen LogP contribution in [-0.2, 0) is 17.3 Å². The van der Waals surface area contributed by atoms with Crippen LogP contribution in [0.5, 0.6) is 0 Å². The van der Waals surface area contributed by atoms with Crippen LogP contribution in [0.25, 0.3) is 0 Å². The molecule has 1 atom stereocenters. The van der Waals surface area contributed by atoms with Gasteiger partial charge in [-0.15, -0.1) is 0 Å². The van der Waals surface area contributed by atoms with E-state index < -0.39 is 10.8 Å². The van der Waals surface area contributed by atoms with Crippen molar-refractivity contribution in [2.75, 3.05) is 11.4 Å². The summed E-state index contributed by atoms with van der Waals surface area (Å²) in [6.45, 7) is 2.90. The molecule has 32 heavy (non-hydrogen) atoms. The number of amides is 2. The number of carbonyl (C=O) groups excluding carboxylic acids is 2. The molecule has 1 N–H and O–H groups in total. The van der Waals surface area contributed by atoms with Crippen LogP contribution in [-0.4, -0.2) is 22.6 Å². The SMILES string of the molecule is CCCCNC(=O)c1ccc2c(c1)N(Cc1ccc(Cl)cc1)C(=O)c1ccccc1S2=O. The van der Waals surface area contributed by atoms with Crippen molar-refractivity contribution in [1.82, 2.24) is 5.32 Å². The lowest BCUT2D eigenvalue weighted by Crippen LogP contribution is -2.31. The summed E-state index contributed by atoms with van der Waals surface area (Å²) in [4.78, 5) is 28.8. The molecule has 164 valence electrons. The molecule has 2 amide bonds. The summed E-state index contributed by atoms with van der Waals surface area (Å²) < 4.78 is 13.4. The number of halogens is 1. The topological polar surface area (TPSA) is 66.5 Å². The smallest absolute Gasteiger partial charge is 0.259 e. The summed E-state index contributed by atoms with van der Waals surface area (Å²) in [5.74, 6) is -0.473. The van der Waals surface area contributed by atoms with Crippen LogP contribution in [0.3, 0.4) is 0 Å². The summed E-state index contributed by atoms with van der Waals surface area (Å²) in [5.41, 5.74) is 2.17. The van der Waals surface area contributed by atoms with Crippen LogP contribution in [0, 0.1) is 0 Å². The Morgan fingerprint density at radius 2 is 1.78 bits per heavy atom. The Bertz CT molecular complexity index is 1190. The Hall–Kier alpha value is -2.96. The number of benzene rings is 3. The molecule has 3 aromatic rings. The van der Waals surface area contributed by atoms with E-state index in [9.17, 15) is 13.8 Å². The van der Waals surface area contributed by atoms with Crippen LogP contribution < -0.4 is 10.2 Å². The molecule has 0 spiro atoms. The molecule has 0 saturated heterocycles. The predicted octanol–water partition coefficient (Wildman–Crippen LogP) is 5.20.